The average Bonchev–Trinajstić information content (AvgIpc) is 2.67. The molecule has 0 aliphatic heterocycles. The van der Waals surface area contributed by atoms with Crippen molar-refractivity contribution in [2.75, 3.05) is 12.0 Å². The predicted molar refractivity (Wildman–Crippen MR) is 70.7 cm³/mol. The van der Waals surface area contributed by atoms with Crippen LogP contribution in [0.5, 0.6) is 0 Å². The van der Waals surface area contributed by atoms with Crippen molar-refractivity contribution in [3.63, 3.8) is 0 Å². The Kier molecular flexibility index (Phi) is 3.43. The van der Waals surface area contributed by atoms with E-state index in [0.717, 1.165) is 16.5 Å². The number of benzene rings is 1. The first-order valence-electron chi connectivity index (χ1n) is 5.53. The van der Waals surface area contributed by atoms with Crippen LogP contribution in [-0.4, -0.2) is 20.4 Å². The minimum atomic E-state index is -3.13. The van der Waals surface area contributed by atoms with Gasteiger partial charge in [0.15, 0.2) is 0 Å². The van der Waals surface area contributed by atoms with E-state index in [0.29, 0.717) is 5.76 Å². The fraction of sp³-hybridized carbons (Fsp3) is 0.333. The van der Waals surface area contributed by atoms with Crippen molar-refractivity contribution in [3.8, 4) is 0 Å². The molecule has 1 aromatic carbocycles. The van der Waals surface area contributed by atoms with E-state index in [1.807, 2.05) is 31.2 Å². The summed E-state index contributed by atoms with van der Waals surface area (Å²) in [5.41, 5.74) is 4.32. The number of rotatable bonds is 4. The van der Waals surface area contributed by atoms with E-state index in [4.69, 9.17) is 10.3 Å². The summed E-state index contributed by atoms with van der Waals surface area (Å²) in [7, 11) is -3.13. The summed E-state index contributed by atoms with van der Waals surface area (Å²) >= 11 is 0. The molecule has 0 spiro atoms. The molecule has 0 amide bonds. The molecule has 5 nitrogen and oxygen atoms in total. The minimum Gasteiger partial charge on any atom is -0.459 e. The molecule has 6 heteroatoms. The zero-order valence-corrected chi connectivity index (χ0v) is 11.1. The van der Waals surface area contributed by atoms with Crippen LogP contribution in [0.25, 0.3) is 11.0 Å². The number of aryl methyl sites for hydroxylation is 1. The third-order valence-electron chi connectivity index (χ3n) is 2.70. The van der Waals surface area contributed by atoms with Gasteiger partial charge in [-0.1, -0.05) is 11.6 Å². The summed E-state index contributed by atoms with van der Waals surface area (Å²) in [6, 6.07) is 7.07. The van der Waals surface area contributed by atoms with Crippen LogP contribution in [0.2, 0.25) is 0 Å². The molecule has 0 fully saturated rings. The van der Waals surface area contributed by atoms with Crippen LogP contribution >= 0.6 is 0 Å². The Bertz CT molecular complexity index is 661. The van der Waals surface area contributed by atoms with E-state index in [1.54, 1.807) is 0 Å². The molecule has 0 aliphatic carbocycles. The average molecular weight is 268 g/mol. The van der Waals surface area contributed by atoms with E-state index >= 15 is 0 Å². The fourth-order valence-corrected chi connectivity index (χ4v) is 2.74. The molecule has 1 atom stereocenters. The third-order valence-corrected chi connectivity index (χ3v) is 3.64. The Hall–Kier alpha value is -1.37. The molecule has 3 N–H and O–H groups in total. The first-order valence-corrected chi connectivity index (χ1v) is 7.59. The number of nitrogens with two attached hydrogens (primary N) is 1. The van der Waals surface area contributed by atoms with Gasteiger partial charge in [0.05, 0.1) is 11.8 Å². The molecule has 1 aromatic heterocycles. The van der Waals surface area contributed by atoms with E-state index in [2.05, 4.69) is 5.43 Å². The SMILES string of the molecule is Cc1ccc2oc(C(CS(C)(=O)=O)NN)cc2c1. The quantitative estimate of drug-likeness (QED) is 0.644. The first-order chi connectivity index (χ1) is 8.39. The van der Waals surface area contributed by atoms with Gasteiger partial charge in [-0.3, -0.25) is 5.84 Å². The van der Waals surface area contributed by atoms with Crippen LogP contribution in [0.4, 0.5) is 0 Å². The van der Waals surface area contributed by atoms with E-state index in [-0.39, 0.29) is 5.75 Å². The summed E-state index contributed by atoms with van der Waals surface area (Å²) in [4.78, 5) is 0. The molecule has 0 bridgehead atoms. The molecule has 1 heterocycles. The lowest BCUT2D eigenvalue weighted by atomic mass is 10.1. The minimum absolute atomic E-state index is 0.0949. The van der Waals surface area contributed by atoms with Gasteiger partial charge in [-0.2, -0.15) is 0 Å². The van der Waals surface area contributed by atoms with E-state index in [1.165, 1.54) is 6.26 Å². The number of fused-ring (bicyclic) bond motifs is 1. The molecule has 0 saturated heterocycles. The molecule has 0 radical (unpaired) electrons. The van der Waals surface area contributed by atoms with E-state index < -0.39 is 15.9 Å². The first kappa shape index (κ1) is 13.1. The van der Waals surface area contributed by atoms with Crippen molar-refractivity contribution in [2.24, 2.45) is 5.84 Å². The van der Waals surface area contributed by atoms with Crippen molar-refractivity contribution in [1.82, 2.24) is 5.43 Å². The smallest absolute Gasteiger partial charge is 0.149 e. The normalized spacial score (nSPS) is 13.9. The lowest BCUT2D eigenvalue weighted by molar-refractivity contribution is 0.457. The summed E-state index contributed by atoms with van der Waals surface area (Å²) < 4.78 is 28.2. The lowest BCUT2D eigenvalue weighted by Gasteiger charge is -2.11. The number of hydrogen-bond acceptors (Lipinski definition) is 5. The summed E-state index contributed by atoms with van der Waals surface area (Å²) in [5.74, 6) is 5.83. The second-order valence-corrected chi connectivity index (χ2v) is 6.69. The van der Waals surface area contributed by atoms with E-state index in [9.17, 15) is 8.42 Å². The predicted octanol–water partition coefficient (Wildman–Crippen LogP) is 1.29. The topological polar surface area (TPSA) is 85.3 Å². The second-order valence-electron chi connectivity index (χ2n) is 4.50. The highest BCUT2D eigenvalue weighted by molar-refractivity contribution is 7.90. The van der Waals surface area contributed by atoms with Gasteiger partial charge in [0.1, 0.15) is 21.2 Å². The van der Waals surface area contributed by atoms with Gasteiger partial charge in [0.2, 0.25) is 0 Å². The standard InChI is InChI=1S/C12H16N2O3S/c1-8-3-4-11-9(5-8)6-12(17-11)10(14-13)7-18(2,15)16/h3-6,10,14H,7,13H2,1-2H3. The van der Waals surface area contributed by atoms with Crippen molar-refractivity contribution in [3.05, 3.63) is 35.6 Å². The highest BCUT2D eigenvalue weighted by Crippen LogP contribution is 2.25. The molecular weight excluding hydrogens is 252 g/mol. The van der Waals surface area contributed by atoms with Gasteiger partial charge in [-0.05, 0) is 25.1 Å². The van der Waals surface area contributed by atoms with Crippen molar-refractivity contribution < 1.29 is 12.8 Å². The summed E-state index contributed by atoms with van der Waals surface area (Å²) in [6.07, 6.45) is 1.17. The maximum absolute atomic E-state index is 11.3. The van der Waals surface area contributed by atoms with Crippen LogP contribution < -0.4 is 11.3 Å². The zero-order chi connectivity index (χ0) is 13.3. The summed E-state index contributed by atoms with van der Waals surface area (Å²) in [5, 5.41) is 0.943. The van der Waals surface area contributed by atoms with Crippen molar-refractivity contribution >= 4 is 20.8 Å². The molecular formula is C12H16N2O3S. The maximum Gasteiger partial charge on any atom is 0.149 e. The largest absolute Gasteiger partial charge is 0.459 e. The number of nitrogens with one attached hydrogen (secondary N) is 1. The molecule has 18 heavy (non-hydrogen) atoms. The highest BCUT2D eigenvalue weighted by Gasteiger charge is 2.19. The number of furan rings is 1. The second kappa shape index (κ2) is 4.72. The molecule has 2 aromatic rings. The molecule has 2 rings (SSSR count). The van der Waals surface area contributed by atoms with Gasteiger partial charge >= 0.3 is 0 Å². The van der Waals surface area contributed by atoms with Crippen molar-refractivity contribution in [2.45, 2.75) is 13.0 Å². The molecule has 0 aliphatic rings. The Balaban J connectivity index is 2.39. The van der Waals surface area contributed by atoms with Crippen LogP contribution in [0.3, 0.4) is 0 Å². The van der Waals surface area contributed by atoms with Gasteiger partial charge in [-0.25, -0.2) is 13.8 Å². The number of hydrazine groups is 1. The maximum atomic E-state index is 11.3. The van der Waals surface area contributed by atoms with Crippen LogP contribution in [0.15, 0.2) is 28.7 Å². The molecule has 0 saturated carbocycles. The molecule has 1 unspecified atom stereocenters. The summed E-state index contributed by atoms with van der Waals surface area (Å²) in [6.45, 7) is 1.99. The van der Waals surface area contributed by atoms with Crippen LogP contribution in [0, 0.1) is 6.92 Å². The van der Waals surface area contributed by atoms with Crippen LogP contribution in [-0.2, 0) is 9.84 Å². The number of sulfone groups is 1. The van der Waals surface area contributed by atoms with Gasteiger partial charge in [0, 0.05) is 11.6 Å². The Labute approximate surface area is 106 Å². The Morgan fingerprint density at radius 3 is 2.72 bits per heavy atom. The van der Waals surface area contributed by atoms with Gasteiger partial charge in [0.25, 0.3) is 0 Å². The van der Waals surface area contributed by atoms with Gasteiger partial charge < -0.3 is 4.42 Å². The Morgan fingerprint density at radius 2 is 2.11 bits per heavy atom. The zero-order valence-electron chi connectivity index (χ0n) is 10.3. The highest BCUT2D eigenvalue weighted by atomic mass is 32.2. The van der Waals surface area contributed by atoms with Crippen LogP contribution in [0.1, 0.15) is 17.4 Å². The van der Waals surface area contributed by atoms with Crippen molar-refractivity contribution in [1.29, 1.82) is 0 Å². The monoisotopic (exact) mass is 268 g/mol. The lowest BCUT2D eigenvalue weighted by Crippen LogP contribution is -2.32. The molecule has 98 valence electrons. The Morgan fingerprint density at radius 1 is 1.39 bits per heavy atom. The number of hydrogen-bond donors (Lipinski definition) is 2. The fourth-order valence-electron chi connectivity index (χ4n) is 1.87. The third kappa shape index (κ3) is 2.90. The van der Waals surface area contributed by atoms with Gasteiger partial charge in [-0.15, -0.1) is 0 Å².